The molecule has 2 aromatic rings. The van der Waals surface area contributed by atoms with E-state index >= 15 is 0 Å². The van der Waals surface area contributed by atoms with Crippen LogP contribution in [0, 0.1) is 19.8 Å². The highest BCUT2D eigenvalue weighted by Crippen LogP contribution is 2.31. The first-order valence-corrected chi connectivity index (χ1v) is 10.3. The van der Waals surface area contributed by atoms with E-state index in [0.29, 0.717) is 5.92 Å². The fourth-order valence-corrected chi connectivity index (χ4v) is 4.33. The molecule has 1 aliphatic heterocycles. The van der Waals surface area contributed by atoms with Crippen LogP contribution in [-0.4, -0.2) is 54.6 Å². The van der Waals surface area contributed by atoms with Gasteiger partial charge in [-0.3, -0.25) is 9.69 Å². The maximum atomic E-state index is 11.9. The highest BCUT2D eigenvalue weighted by molar-refractivity contribution is 5.89. The number of piperazine rings is 1. The Morgan fingerprint density at radius 3 is 2.71 bits per heavy atom. The summed E-state index contributed by atoms with van der Waals surface area (Å²) < 4.78 is 5.04. The number of hydrogen-bond donors (Lipinski definition) is 1. The van der Waals surface area contributed by atoms with Crippen LogP contribution in [0.1, 0.15) is 41.1 Å². The Labute approximate surface area is 166 Å². The molecule has 0 radical (unpaired) electrons. The molecule has 0 atom stereocenters. The molecule has 1 saturated heterocycles. The number of nitrogens with one attached hydrogen (secondary N) is 1. The minimum absolute atomic E-state index is 0.158. The minimum atomic E-state index is -0.198. The van der Waals surface area contributed by atoms with Crippen molar-refractivity contribution >= 4 is 11.6 Å². The van der Waals surface area contributed by atoms with E-state index in [4.69, 9.17) is 4.42 Å². The van der Waals surface area contributed by atoms with Crippen LogP contribution in [0.2, 0.25) is 0 Å². The van der Waals surface area contributed by atoms with Crippen molar-refractivity contribution in [3.05, 3.63) is 47.7 Å². The zero-order valence-electron chi connectivity index (χ0n) is 16.9. The average Bonchev–Trinajstić information content (AvgIpc) is 3.21. The molecule has 6 nitrogen and oxygen atoms in total. The average molecular weight is 383 g/mol. The molecule has 2 heterocycles. The first-order chi connectivity index (χ1) is 13.6. The quantitative estimate of drug-likeness (QED) is 0.832. The number of anilines is 1. The van der Waals surface area contributed by atoms with Crippen LogP contribution in [0.15, 0.2) is 35.1 Å². The van der Waals surface area contributed by atoms with E-state index < -0.39 is 0 Å². The maximum Gasteiger partial charge on any atom is 0.307 e. The molecule has 150 valence electrons. The number of hydrogen-bond acceptors (Lipinski definition) is 5. The van der Waals surface area contributed by atoms with Crippen LogP contribution >= 0.6 is 0 Å². The Balaban J connectivity index is 1.15. The number of carbonyl (C=O) groups is 1. The lowest BCUT2D eigenvalue weighted by Crippen LogP contribution is -2.48. The monoisotopic (exact) mass is 382 g/mol. The highest BCUT2D eigenvalue weighted by atomic mass is 16.3. The number of aromatic nitrogens is 1. The number of oxazole rings is 1. The Morgan fingerprint density at radius 2 is 2.00 bits per heavy atom. The van der Waals surface area contributed by atoms with Crippen molar-refractivity contribution in [1.82, 2.24) is 15.2 Å². The standard InChI is InChI=1S/C22H30N4O2/c1-16-4-3-5-20(17(16)2)26-11-9-25(10-12-26)8-6-18-14-19(15-18)24-21(27)22-23-7-13-28-22/h3-5,7,13,18-19H,6,8-12,14-15H2,1-2H3,(H,24,27)/t18-,19+. The van der Waals surface area contributed by atoms with Gasteiger partial charge in [0.25, 0.3) is 5.89 Å². The molecule has 1 saturated carbocycles. The summed E-state index contributed by atoms with van der Waals surface area (Å²) in [4.78, 5) is 20.9. The SMILES string of the molecule is Cc1cccc(N2CCN(CC[C@H]3C[C@@H](NC(=O)c4ncco4)C3)CC2)c1C. The van der Waals surface area contributed by atoms with Crippen molar-refractivity contribution < 1.29 is 9.21 Å². The van der Waals surface area contributed by atoms with Crippen LogP contribution in [0.25, 0.3) is 0 Å². The van der Waals surface area contributed by atoms with Gasteiger partial charge in [-0.15, -0.1) is 0 Å². The summed E-state index contributed by atoms with van der Waals surface area (Å²) >= 11 is 0. The van der Waals surface area contributed by atoms with Crippen molar-refractivity contribution in [3.8, 4) is 0 Å². The van der Waals surface area contributed by atoms with E-state index in [2.05, 4.69) is 52.1 Å². The van der Waals surface area contributed by atoms with Crippen molar-refractivity contribution in [2.24, 2.45) is 5.92 Å². The number of aryl methyl sites for hydroxylation is 1. The van der Waals surface area contributed by atoms with E-state index in [1.54, 1.807) is 0 Å². The van der Waals surface area contributed by atoms with Crippen LogP contribution in [-0.2, 0) is 0 Å². The third-order valence-corrected chi connectivity index (χ3v) is 6.34. The molecule has 4 rings (SSSR count). The van der Waals surface area contributed by atoms with Crippen LogP contribution in [0.4, 0.5) is 5.69 Å². The molecule has 1 aromatic carbocycles. The lowest BCUT2D eigenvalue weighted by atomic mass is 9.78. The zero-order valence-corrected chi connectivity index (χ0v) is 16.9. The number of carbonyl (C=O) groups excluding carboxylic acids is 1. The van der Waals surface area contributed by atoms with Gasteiger partial charge in [-0.25, -0.2) is 4.98 Å². The Morgan fingerprint density at radius 1 is 1.21 bits per heavy atom. The number of nitrogens with zero attached hydrogens (tertiary/aromatic N) is 3. The lowest BCUT2D eigenvalue weighted by molar-refractivity contribution is 0.0842. The molecule has 1 N–H and O–H groups in total. The predicted molar refractivity (Wildman–Crippen MR) is 110 cm³/mol. The molecule has 2 aliphatic rings. The minimum Gasteiger partial charge on any atom is -0.441 e. The summed E-state index contributed by atoms with van der Waals surface area (Å²) in [5, 5.41) is 3.01. The summed E-state index contributed by atoms with van der Waals surface area (Å²) in [6.45, 7) is 10.0. The molecule has 1 aromatic heterocycles. The van der Waals surface area contributed by atoms with Crippen LogP contribution in [0.5, 0.6) is 0 Å². The number of benzene rings is 1. The smallest absolute Gasteiger partial charge is 0.307 e. The third-order valence-electron chi connectivity index (χ3n) is 6.34. The van der Waals surface area contributed by atoms with Gasteiger partial charge in [0.1, 0.15) is 6.26 Å². The molecule has 0 unspecified atom stereocenters. The molecule has 6 heteroatoms. The first-order valence-electron chi connectivity index (χ1n) is 10.3. The number of rotatable bonds is 6. The van der Waals surface area contributed by atoms with Gasteiger partial charge in [0.15, 0.2) is 0 Å². The second kappa shape index (κ2) is 8.35. The second-order valence-corrected chi connectivity index (χ2v) is 8.18. The van der Waals surface area contributed by atoms with E-state index in [-0.39, 0.29) is 17.8 Å². The van der Waals surface area contributed by atoms with Gasteiger partial charge >= 0.3 is 5.91 Å². The second-order valence-electron chi connectivity index (χ2n) is 8.18. The molecule has 1 amide bonds. The van der Waals surface area contributed by atoms with Gasteiger partial charge < -0.3 is 14.6 Å². The third kappa shape index (κ3) is 4.22. The van der Waals surface area contributed by atoms with E-state index in [1.165, 1.54) is 35.7 Å². The van der Waals surface area contributed by atoms with Gasteiger partial charge in [-0.2, -0.15) is 0 Å². The van der Waals surface area contributed by atoms with Gasteiger partial charge in [0, 0.05) is 37.9 Å². The fraction of sp³-hybridized carbons (Fsp3) is 0.545. The van der Waals surface area contributed by atoms with Gasteiger partial charge in [0.2, 0.25) is 0 Å². The molecule has 0 bridgehead atoms. The normalized spacial score (nSPS) is 22.7. The highest BCUT2D eigenvalue weighted by Gasteiger charge is 2.31. The first kappa shape index (κ1) is 19.0. The molecule has 0 spiro atoms. The van der Waals surface area contributed by atoms with E-state index in [1.807, 2.05) is 0 Å². The molecule has 2 fully saturated rings. The fourth-order valence-electron chi connectivity index (χ4n) is 4.33. The molecular weight excluding hydrogens is 352 g/mol. The van der Waals surface area contributed by atoms with Crippen LogP contribution < -0.4 is 10.2 Å². The van der Waals surface area contributed by atoms with Crippen molar-refractivity contribution in [3.63, 3.8) is 0 Å². The lowest BCUT2D eigenvalue weighted by Gasteiger charge is -2.40. The van der Waals surface area contributed by atoms with Crippen LogP contribution in [0.3, 0.4) is 0 Å². The van der Waals surface area contributed by atoms with Crippen molar-refractivity contribution in [1.29, 1.82) is 0 Å². The molecule has 28 heavy (non-hydrogen) atoms. The van der Waals surface area contributed by atoms with E-state index in [9.17, 15) is 4.79 Å². The summed E-state index contributed by atoms with van der Waals surface area (Å²) in [7, 11) is 0. The summed E-state index contributed by atoms with van der Waals surface area (Å²) in [5.74, 6) is 0.674. The van der Waals surface area contributed by atoms with Gasteiger partial charge in [-0.1, -0.05) is 12.1 Å². The zero-order chi connectivity index (χ0) is 19.5. The Bertz CT molecular complexity index is 791. The Kier molecular flexibility index (Phi) is 5.67. The largest absolute Gasteiger partial charge is 0.441 e. The summed E-state index contributed by atoms with van der Waals surface area (Å²) in [6.07, 6.45) is 6.27. The van der Waals surface area contributed by atoms with Crippen molar-refractivity contribution in [2.75, 3.05) is 37.6 Å². The topological polar surface area (TPSA) is 61.6 Å². The van der Waals surface area contributed by atoms with Gasteiger partial charge in [0.05, 0.1) is 6.20 Å². The maximum absolute atomic E-state index is 11.9. The summed E-state index contributed by atoms with van der Waals surface area (Å²) in [5.41, 5.74) is 4.17. The van der Waals surface area contributed by atoms with E-state index in [0.717, 1.165) is 45.6 Å². The van der Waals surface area contributed by atoms with Crippen molar-refractivity contribution in [2.45, 2.75) is 39.2 Å². The molecular formula is C22H30N4O2. The van der Waals surface area contributed by atoms with Gasteiger partial charge in [-0.05, 0) is 62.8 Å². The Hall–Kier alpha value is -2.34. The summed E-state index contributed by atoms with van der Waals surface area (Å²) in [6, 6.07) is 6.87. The number of amides is 1. The predicted octanol–water partition coefficient (Wildman–Crippen LogP) is 3.01. The molecule has 1 aliphatic carbocycles.